The molecule has 0 bridgehead atoms. The molecule has 4 aromatic rings. The van der Waals surface area contributed by atoms with Gasteiger partial charge in [-0.25, -0.2) is 9.67 Å². The van der Waals surface area contributed by atoms with E-state index in [9.17, 15) is 5.26 Å². The molecule has 0 amide bonds. The lowest BCUT2D eigenvalue weighted by Crippen LogP contribution is -2.04. The second-order valence-electron chi connectivity index (χ2n) is 6.36. The molecule has 0 saturated heterocycles. The van der Waals surface area contributed by atoms with Gasteiger partial charge >= 0.3 is 0 Å². The van der Waals surface area contributed by atoms with E-state index in [0.717, 1.165) is 33.9 Å². The maximum Gasteiger partial charge on any atom is 0.158 e. The van der Waals surface area contributed by atoms with Gasteiger partial charge in [-0.05, 0) is 29.7 Å². The van der Waals surface area contributed by atoms with Crippen molar-refractivity contribution < 1.29 is 0 Å². The standard InChI is InChI=1S/C23H18N4/c1-17-25-23(20-7-3-2-4-8-20)27(26-17)16-18-11-13-19(14-12-18)22-10-6-5-9-21(22)15-24/h2-14H,16H2,1H3. The van der Waals surface area contributed by atoms with E-state index in [1.165, 1.54) is 0 Å². The van der Waals surface area contributed by atoms with Crippen molar-refractivity contribution in [3.63, 3.8) is 0 Å². The van der Waals surface area contributed by atoms with Gasteiger partial charge in [-0.3, -0.25) is 0 Å². The Morgan fingerprint density at radius 1 is 0.852 bits per heavy atom. The SMILES string of the molecule is Cc1nc(-c2ccccc2)n(Cc2ccc(-c3ccccc3C#N)cc2)n1. The summed E-state index contributed by atoms with van der Waals surface area (Å²) in [5.41, 5.74) is 4.86. The highest BCUT2D eigenvalue weighted by molar-refractivity contribution is 5.70. The van der Waals surface area contributed by atoms with Crippen LogP contribution in [0.25, 0.3) is 22.5 Å². The molecular formula is C23H18N4. The summed E-state index contributed by atoms with van der Waals surface area (Å²) in [5.74, 6) is 1.63. The van der Waals surface area contributed by atoms with Crippen molar-refractivity contribution in [1.82, 2.24) is 14.8 Å². The molecule has 0 saturated carbocycles. The Hall–Kier alpha value is -3.71. The summed E-state index contributed by atoms with van der Waals surface area (Å²) < 4.78 is 1.93. The second kappa shape index (κ2) is 7.27. The number of nitrogens with zero attached hydrogens (tertiary/aromatic N) is 4. The van der Waals surface area contributed by atoms with E-state index in [-0.39, 0.29) is 0 Å². The second-order valence-corrected chi connectivity index (χ2v) is 6.36. The van der Waals surface area contributed by atoms with Crippen LogP contribution in [-0.2, 0) is 6.54 Å². The lowest BCUT2D eigenvalue weighted by Gasteiger charge is -2.08. The smallest absolute Gasteiger partial charge is 0.158 e. The third kappa shape index (κ3) is 3.49. The van der Waals surface area contributed by atoms with Crippen LogP contribution in [0, 0.1) is 18.3 Å². The number of hydrogen-bond donors (Lipinski definition) is 0. The van der Waals surface area contributed by atoms with Crippen LogP contribution in [0.4, 0.5) is 0 Å². The molecule has 0 radical (unpaired) electrons. The highest BCUT2D eigenvalue weighted by Crippen LogP contribution is 2.24. The topological polar surface area (TPSA) is 54.5 Å². The van der Waals surface area contributed by atoms with Crippen molar-refractivity contribution in [1.29, 1.82) is 5.26 Å². The minimum atomic E-state index is 0.644. The van der Waals surface area contributed by atoms with Crippen molar-refractivity contribution in [2.75, 3.05) is 0 Å². The first kappa shape index (κ1) is 16.7. The normalized spacial score (nSPS) is 10.5. The molecule has 4 heteroatoms. The van der Waals surface area contributed by atoms with Crippen LogP contribution < -0.4 is 0 Å². The van der Waals surface area contributed by atoms with Crippen molar-refractivity contribution >= 4 is 0 Å². The Morgan fingerprint density at radius 3 is 2.30 bits per heavy atom. The van der Waals surface area contributed by atoms with E-state index in [4.69, 9.17) is 0 Å². The van der Waals surface area contributed by atoms with Gasteiger partial charge in [0.15, 0.2) is 5.82 Å². The predicted octanol–water partition coefficient (Wildman–Crippen LogP) is 4.84. The molecule has 0 fully saturated rings. The van der Waals surface area contributed by atoms with Gasteiger partial charge in [-0.2, -0.15) is 10.4 Å². The molecule has 0 unspecified atom stereocenters. The van der Waals surface area contributed by atoms with E-state index in [1.807, 2.05) is 66.2 Å². The molecule has 0 atom stereocenters. The lowest BCUT2D eigenvalue weighted by molar-refractivity contribution is 0.686. The maximum absolute atomic E-state index is 9.30. The first-order chi connectivity index (χ1) is 13.2. The Balaban J connectivity index is 1.63. The number of hydrogen-bond acceptors (Lipinski definition) is 3. The van der Waals surface area contributed by atoms with Gasteiger partial charge in [0.1, 0.15) is 5.82 Å². The summed E-state index contributed by atoms with van der Waals surface area (Å²) in [6.07, 6.45) is 0. The molecule has 0 aliphatic carbocycles. The summed E-state index contributed by atoms with van der Waals surface area (Å²) >= 11 is 0. The molecule has 4 nitrogen and oxygen atoms in total. The molecule has 130 valence electrons. The number of aromatic nitrogens is 3. The van der Waals surface area contributed by atoms with Crippen LogP contribution in [0.1, 0.15) is 17.0 Å². The van der Waals surface area contributed by atoms with Crippen LogP contribution in [0.3, 0.4) is 0 Å². The average molecular weight is 350 g/mol. The Labute approximate surface area is 158 Å². The van der Waals surface area contributed by atoms with Gasteiger partial charge in [-0.1, -0.05) is 72.8 Å². The van der Waals surface area contributed by atoms with E-state index >= 15 is 0 Å². The highest BCUT2D eigenvalue weighted by Gasteiger charge is 2.10. The van der Waals surface area contributed by atoms with Gasteiger partial charge in [0.25, 0.3) is 0 Å². The average Bonchev–Trinajstić information content (AvgIpc) is 3.09. The molecule has 1 aromatic heterocycles. The fraction of sp³-hybridized carbons (Fsp3) is 0.0870. The number of nitriles is 1. The molecule has 4 rings (SSSR count). The molecule has 0 N–H and O–H groups in total. The van der Waals surface area contributed by atoms with Crippen LogP contribution >= 0.6 is 0 Å². The van der Waals surface area contributed by atoms with Gasteiger partial charge in [0, 0.05) is 5.56 Å². The minimum Gasteiger partial charge on any atom is -0.241 e. The summed E-state index contributed by atoms with van der Waals surface area (Å²) in [6.45, 7) is 2.55. The molecule has 1 heterocycles. The van der Waals surface area contributed by atoms with E-state index in [0.29, 0.717) is 12.1 Å². The lowest BCUT2D eigenvalue weighted by atomic mass is 9.99. The largest absolute Gasteiger partial charge is 0.241 e. The zero-order valence-electron chi connectivity index (χ0n) is 15.0. The van der Waals surface area contributed by atoms with Gasteiger partial charge in [-0.15, -0.1) is 0 Å². The summed E-state index contributed by atoms with van der Waals surface area (Å²) in [5, 5.41) is 13.9. The van der Waals surface area contributed by atoms with Gasteiger partial charge in [0.05, 0.1) is 18.2 Å². The molecule has 0 spiro atoms. The van der Waals surface area contributed by atoms with Crippen LogP contribution in [-0.4, -0.2) is 14.8 Å². The zero-order valence-corrected chi connectivity index (χ0v) is 15.0. The Morgan fingerprint density at radius 2 is 1.56 bits per heavy atom. The number of rotatable bonds is 4. The molecule has 27 heavy (non-hydrogen) atoms. The van der Waals surface area contributed by atoms with E-state index in [2.05, 4.69) is 40.4 Å². The zero-order chi connectivity index (χ0) is 18.6. The minimum absolute atomic E-state index is 0.644. The third-order valence-electron chi connectivity index (χ3n) is 4.45. The van der Waals surface area contributed by atoms with Crippen molar-refractivity contribution in [2.24, 2.45) is 0 Å². The monoisotopic (exact) mass is 350 g/mol. The number of aryl methyl sites for hydroxylation is 1. The predicted molar refractivity (Wildman–Crippen MR) is 106 cm³/mol. The van der Waals surface area contributed by atoms with Crippen LogP contribution in [0.5, 0.6) is 0 Å². The van der Waals surface area contributed by atoms with E-state index < -0.39 is 0 Å². The Bertz CT molecular complexity index is 1100. The van der Waals surface area contributed by atoms with Gasteiger partial charge < -0.3 is 0 Å². The quantitative estimate of drug-likeness (QED) is 0.529. The molecule has 0 aliphatic rings. The Kier molecular flexibility index (Phi) is 4.51. The van der Waals surface area contributed by atoms with Crippen molar-refractivity contribution in [2.45, 2.75) is 13.5 Å². The molecule has 3 aromatic carbocycles. The summed E-state index contributed by atoms with van der Waals surface area (Å²) in [6, 6.07) is 28.3. The maximum atomic E-state index is 9.30. The van der Waals surface area contributed by atoms with E-state index in [1.54, 1.807) is 0 Å². The van der Waals surface area contributed by atoms with Crippen molar-refractivity contribution in [3.8, 4) is 28.6 Å². The van der Waals surface area contributed by atoms with Gasteiger partial charge in [0.2, 0.25) is 0 Å². The van der Waals surface area contributed by atoms with Crippen LogP contribution in [0.2, 0.25) is 0 Å². The fourth-order valence-corrected chi connectivity index (χ4v) is 3.16. The fourth-order valence-electron chi connectivity index (χ4n) is 3.16. The number of benzene rings is 3. The summed E-state index contributed by atoms with van der Waals surface area (Å²) in [4.78, 5) is 4.58. The first-order valence-corrected chi connectivity index (χ1v) is 8.80. The molecule has 0 aliphatic heterocycles. The van der Waals surface area contributed by atoms with Crippen molar-refractivity contribution in [3.05, 3.63) is 95.8 Å². The highest BCUT2D eigenvalue weighted by atomic mass is 15.3. The summed E-state index contributed by atoms with van der Waals surface area (Å²) in [7, 11) is 0. The van der Waals surface area contributed by atoms with Crippen LogP contribution in [0.15, 0.2) is 78.9 Å². The molecular weight excluding hydrogens is 332 g/mol. The third-order valence-corrected chi connectivity index (χ3v) is 4.45. The first-order valence-electron chi connectivity index (χ1n) is 8.80.